The highest BCUT2D eigenvalue weighted by atomic mass is 15.1. The van der Waals surface area contributed by atoms with Crippen LogP contribution in [0.3, 0.4) is 0 Å². The summed E-state index contributed by atoms with van der Waals surface area (Å²) in [7, 11) is 4.19. The SMILES string of the molecule is C=C(NC(C)C)C(C(C)C)N(C)C. The molecular weight excluding hydrogens is 160 g/mol. The minimum absolute atomic E-state index is 0.419. The Morgan fingerprint density at radius 1 is 1.15 bits per heavy atom. The van der Waals surface area contributed by atoms with Crippen molar-refractivity contribution in [2.24, 2.45) is 5.92 Å². The topological polar surface area (TPSA) is 15.3 Å². The quantitative estimate of drug-likeness (QED) is 0.704. The van der Waals surface area contributed by atoms with Crippen molar-refractivity contribution in [3.63, 3.8) is 0 Å². The molecule has 0 aromatic heterocycles. The van der Waals surface area contributed by atoms with E-state index in [1.54, 1.807) is 0 Å². The van der Waals surface area contributed by atoms with E-state index in [4.69, 9.17) is 0 Å². The highest BCUT2D eigenvalue weighted by Crippen LogP contribution is 2.13. The van der Waals surface area contributed by atoms with Crippen molar-refractivity contribution in [1.82, 2.24) is 10.2 Å². The van der Waals surface area contributed by atoms with Crippen molar-refractivity contribution >= 4 is 0 Å². The molecule has 13 heavy (non-hydrogen) atoms. The molecule has 78 valence electrons. The van der Waals surface area contributed by atoms with Gasteiger partial charge in [0.15, 0.2) is 0 Å². The van der Waals surface area contributed by atoms with E-state index in [0.29, 0.717) is 18.0 Å². The molecule has 0 saturated carbocycles. The Kier molecular flexibility index (Phi) is 5.07. The molecule has 0 saturated heterocycles. The second kappa shape index (κ2) is 5.28. The van der Waals surface area contributed by atoms with Gasteiger partial charge in [-0.15, -0.1) is 0 Å². The Hall–Kier alpha value is -0.500. The Labute approximate surface area is 83.0 Å². The molecule has 0 aromatic carbocycles. The van der Waals surface area contributed by atoms with Crippen molar-refractivity contribution in [3.05, 3.63) is 12.3 Å². The van der Waals surface area contributed by atoms with Gasteiger partial charge in [-0.05, 0) is 33.9 Å². The first kappa shape index (κ1) is 12.5. The number of nitrogens with one attached hydrogen (secondary N) is 1. The van der Waals surface area contributed by atoms with Gasteiger partial charge in [0.05, 0.1) is 6.04 Å². The fourth-order valence-electron chi connectivity index (χ4n) is 1.77. The first-order chi connectivity index (χ1) is 5.86. The Morgan fingerprint density at radius 3 is 1.85 bits per heavy atom. The lowest BCUT2D eigenvalue weighted by atomic mass is 10.0. The largest absolute Gasteiger partial charge is 0.385 e. The Balaban J connectivity index is 4.29. The average molecular weight is 184 g/mol. The Morgan fingerprint density at radius 2 is 1.62 bits per heavy atom. The number of hydrogen-bond acceptors (Lipinski definition) is 2. The third-order valence-corrected chi connectivity index (χ3v) is 2.02. The minimum atomic E-state index is 0.419. The van der Waals surface area contributed by atoms with Crippen LogP contribution in [0.25, 0.3) is 0 Å². The van der Waals surface area contributed by atoms with Crippen LogP contribution in [0.2, 0.25) is 0 Å². The summed E-state index contributed by atoms with van der Waals surface area (Å²) < 4.78 is 0. The lowest BCUT2D eigenvalue weighted by Crippen LogP contribution is -2.40. The van der Waals surface area contributed by atoms with Gasteiger partial charge in [0.25, 0.3) is 0 Å². The summed E-state index contributed by atoms with van der Waals surface area (Å²) in [6.45, 7) is 12.8. The summed E-state index contributed by atoms with van der Waals surface area (Å²) in [5.41, 5.74) is 1.12. The molecule has 0 bridgehead atoms. The summed E-state index contributed by atoms with van der Waals surface area (Å²) in [6, 6.07) is 0.885. The van der Waals surface area contributed by atoms with E-state index >= 15 is 0 Å². The van der Waals surface area contributed by atoms with Gasteiger partial charge in [0.2, 0.25) is 0 Å². The minimum Gasteiger partial charge on any atom is -0.385 e. The zero-order chi connectivity index (χ0) is 10.6. The van der Waals surface area contributed by atoms with Crippen molar-refractivity contribution in [2.45, 2.75) is 39.8 Å². The van der Waals surface area contributed by atoms with Crippen molar-refractivity contribution < 1.29 is 0 Å². The number of hydrogen-bond donors (Lipinski definition) is 1. The van der Waals surface area contributed by atoms with Crippen LogP contribution in [-0.2, 0) is 0 Å². The molecule has 0 heterocycles. The number of rotatable bonds is 5. The predicted octanol–water partition coefficient (Wildman–Crippen LogP) is 2.08. The van der Waals surface area contributed by atoms with Gasteiger partial charge in [-0.1, -0.05) is 20.4 Å². The monoisotopic (exact) mass is 184 g/mol. The van der Waals surface area contributed by atoms with Crippen LogP contribution >= 0.6 is 0 Å². The first-order valence-corrected chi connectivity index (χ1v) is 4.98. The summed E-state index contributed by atoms with van der Waals surface area (Å²) in [5.74, 6) is 0.591. The first-order valence-electron chi connectivity index (χ1n) is 4.98. The van der Waals surface area contributed by atoms with Gasteiger partial charge in [-0.2, -0.15) is 0 Å². The van der Waals surface area contributed by atoms with Crippen LogP contribution in [0.5, 0.6) is 0 Å². The molecule has 0 rings (SSSR count). The maximum atomic E-state index is 4.08. The molecule has 2 heteroatoms. The van der Waals surface area contributed by atoms with Gasteiger partial charge < -0.3 is 10.2 Å². The van der Waals surface area contributed by atoms with Crippen molar-refractivity contribution in [1.29, 1.82) is 0 Å². The van der Waals surface area contributed by atoms with Crippen LogP contribution in [0.1, 0.15) is 27.7 Å². The second-order valence-electron chi connectivity index (χ2n) is 4.48. The van der Waals surface area contributed by atoms with Gasteiger partial charge in [-0.3, -0.25) is 0 Å². The van der Waals surface area contributed by atoms with E-state index in [0.717, 1.165) is 5.70 Å². The molecule has 1 unspecified atom stereocenters. The van der Waals surface area contributed by atoms with Crippen LogP contribution in [0.15, 0.2) is 12.3 Å². The van der Waals surface area contributed by atoms with E-state index in [2.05, 4.69) is 58.6 Å². The normalized spacial score (nSPS) is 13.9. The molecule has 0 aliphatic carbocycles. The van der Waals surface area contributed by atoms with Gasteiger partial charge >= 0.3 is 0 Å². The maximum Gasteiger partial charge on any atom is 0.0506 e. The summed E-state index contributed by atoms with van der Waals surface area (Å²) in [5, 5.41) is 3.37. The standard InChI is InChI=1S/C11H24N2/c1-8(2)11(13(6)7)10(5)12-9(3)4/h8-9,11-12H,5H2,1-4,6-7H3. The summed E-state index contributed by atoms with van der Waals surface area (Å²) in [4.78, 5) is 2.21. The number of nitrogens with zero attached hydrogens (tertiary/aromatic N) is 1. The molecule has 1 atom stereocenters. The smallest absolute Gasteiger partial charge is 0.0506 e. The predicted molar refractivity (Wildman–Crippen MR) is 59.7 cm³/mol. The zero-order valence-corrected chi connectivity index (χ0v) is 9.89. The van der Waals surface area contributed by atoms with Crippen LogP contribution < -0.4 is 5.32 Å². The summed E-state index contributed by atoms with van der Waals surface area (Å²) in [6.07, 6.45) is 0. The molecule has 0 aliphatic rings. The lowest BCUT2D eigenvalue weighted by molar-refractivity contribution is 0.255. The van der Waals surface area contributed by atoms with Crippen LogP contribution in [0, 0.1) is 5.92 Å². The molecule has 0 amide bonds. The Bertz CT molecular complexity index is 151. The van der Waals surface area contributed by atoms with Crippen LogP contribution in [0.4, 0.5) is 0 Å². The molecular formula is C11H24N2. The van der Waals surface area contributed by atoms with E-state index in [9.17, 15) is 0 Å². The molecule has 0 aromatic rings. The van der Waals surface area contributed by atoms with Gasteiger partial charge in [-0.25, -0.2) is 0 Å². The molecule has 1 N–H and O–H groups in total. The second-order valence-corrected chi connectivity index (χ2v) is 4.48. The third-order valence-electron chi connectivity index (χ3n) is 2.02. The van der Waals surface area contributed by atoms with Gasteiger partial charge in [0.1, 0.15) is 0 Å². The van der Waals surface area contributed by atoms with E-state index < -0.39 is 0 Å². The van der Waals surface area contributed by atoms with Crippen molar-refractivity contribution in [3.8, 4) is 0 Å². The molecule has 2 nitrogen and oxygen atoms in total. The maximum absolute atomic E-state index is 4.08. The molecule has 0 fully saturated rings. The van der Waals surface area contributed by atoms with E-state index in [-0.39, 0.29) is 0 Å². The number of likely N-dealkylation sites (N-methyl/N-ethyl adjacent to an activating group) is 1. The highest BCUT2D eigenvalue weighted by molar-refractivity contribution is 5.05. The average Bonchev–Trinajstić information content (AvgIpc) is 1.81. The highest BCUT2D eigenvalue weighted by Gasteiger charge is 2.19. The fraction of sp³-hybridized carbons (Fsp3) is 0.818. The lowest BCUT2D eigenvalue weighted by Gasteiger charge is -2.31. The van der Waals surface area contributed by atoms with E-state index in [1.807, 2.05) is 0 Å². The third kappa shape index (κ3) is 4.32. The molecule has 0 aliphatic heterocycles. The molecule has 0 radical (unpaired) electrons. The summed E-state index contributed by atoms with van der Waals surface area (Å²) >= 11 is 0. The van der Waals surface area contributed by atoms with Crippen molar-refractivity contribution in [2.75, 3.05) is 14.1 Å². The van der Waals surface area contributed by atoms with E-state index in [1.165, 1.54) is 0 Å². The fourth-order valence-corrected chi connectivity index (χ4v) is 1.77. The molecule has 0 spiro atoms. The van der Waals surface area contributed by atoms with Crippen LogP contribution in [-0.4, -0.2) is 31.1 Å². The zero-order valence-electron chi connectivity index (χ0n) is 9.89. The van der Waals surface area contributed by atoms with Gasteiger partial charge in [0, 0.05) is 11.7 Å².